The van der Waals surface area contributed by atoms with Gasteiger partial charge in [0.15, 0.2) is 0 Å². The van der Waals surface area contributed by atoms with Crippen molar-refractivity contribution in [3.8, 4) is 11.1 Å². The van der Waals surface area contributed by atoms with Crippen LogP contribution in [0.5, 0.6) is 0 Å². The van der Waals surface area contributed by atoms with Crippen LogP contribution >= 0.6 is 11.3 Å². The van der Waals surface area contributed by atoms with E-state index in [1.807, 2.05) is 28.5 Å². The Morgan fingerprint density at radius 2 is 1.85 bits per heavy atom. The summed E-state index contributed by atoms with van der Waals surface area (Å²) in [6.45, 7) is 4.06. The standard InChI is InChI=1S/C17H19NOS/c1-13-7-10-18(11-8-13)17(19)16-15(9-12-20-16)14-5-3-2-4-6-14/h2-6,9,12-13H,7-8,10-11H2,1H3. The topological polar surface area (TPSA) is 20.3 Å². The van der Waals surface area contributed by atoms with Crippen LogP contribution in [0, 0.1) is 5.92 Å². The second-order valence-electron chi connectivity index (χ2n) is 5.50. The second-order valence-corrected chi connectivity index (χ2v) is 6.42. The maximum absolute atomic E-state index is 12.7. The van der Waals surface area contributed by atoms with Crippen molar-refractivity contribution in [3.63, 3.8) is 0 Å². The summed E-state index contributed by atoms with van der Waals surface area (Å²) >= 11 is 1.56. The highest BCUT2D eigenvalue weighted by molar-refractivity contribution is 7.12. The summed E-state index contributed by atoms with van der Waals surface area (Å²) in [5.74, 6) is 0.946. The molecule has 20 heavy (non-hydrogen) atoms. The second kappa shape index (κ2) is 5.80. The van der Waals surface area contributed by atoms with Crippen molar-refractivity contribution in [2.45, 2.75) is 19.8 Å². The first kappa shape index (κ1) is 13.4. The molecule has 1 aliphatic rings. The van der Waals surface area contributed by atoms with Crippen LogP contribution in [0.1, 0.15) is 29.4 Å². The van der Waals surface area contributed by atoms with Gasteiger partial charge in [-0.3, -0.25) is 4.79 Å². The van der Waals surface area contributed by atoms with Crippen LogP contribution < -0.4 is 0 Å². The zero-order valence-corrected chi connectivity index (χ0v) is 12.5. The molecule has 1 aromatic carbocycles. The summed E-state index contributed by atoms with van der Waals surface area (Å²) in [4.78, 5) is 15.6. The minimum absolute atomic E-state index is 0.200. The number of amides is 1. The minimum atomic E-state index is 0.200. The zero-order valence-electron chi connectivity index (χ0n) is 11.7. The summed E-state index contributed by atoms with van der Waals surface area (Å²) in [5, 5.41) is 2.02. The molecule has 3 heteroatoms. The molecule has 0 unspecified atom stereocenters. The molecule has 1 aromatic heterocycles. The van der Waals surface area contributed by atoms with Crippen LogP contribution in [-0.4, -0.2) is 23.9 Å². The monoisotopic (exact) mass is 285 g/mol. The van der Waals surface area contributed by atoms with Gasteiger partial charge in [0.2, 0.25) is 0 Å². The van der Waals surface area contributed by atoms with E-state index in [9.17, 15) is 4.79 Å². The molecule has 1 amide bonds. The lowest BCUT2D eigenvalue weighted by atomic mass is 9.98. The number of benzene rings is 1. The van der Waals surface area contributed by atoms with E-state index >= 15 is 0 Å². The first-order valence-electron chi connectivity index (χ1n) is 7.18. The van der Waals surface area contributed by atoms with Gasteiger partial charge in [0, 0.05) is 18.7 Å². The van der Waals surface area contributed by atoms with Gasteiger partial charge in [-0.25, -0.2) is 0 Å². The van der Waals surface area contributed by atoms with Gasteiger partial charge >= 0.3 is 0 Å². The van der Waals surface area contributed by atoms with E-state index in [0.717, 1.165) is 47.9 Å². The Labute approximate surface area is 124 Å². The third-order valence-corrected chi connectivity index (χ3v) is 4.92. The molecule has 0 spiro atoms. The SMILES string of the molecule is CC1CCN(C(=O)c2sccc2-c2ccccc2)CC1. The molecule has 3 rings (SSSR count). The Morgan fingerprint density at radius 3 is 2.55 bits per heavy atom. The maximum Gasteiger partial charge on any atom is 0.264 e. The Balaban J connectivity index is 1.85. The van der Waals surface area contributed by atoms with Gasteiger partial charge < -0.3 is 4.90 Å². The average molecular weight is 285 g/mol. The number of nitrogens with zero attached hydrogens (tertiary/aromatic N) is 1. The molecule has 0 radical (unpaired) electrons. The molecular formula is C17H19NOS. The lowest BCUT2D eigenvalue weighted by Gasteiger charge is -2.30. The Morgan fingerprint density at radius 1 is 1.15 bits per heavy atom. The molecule has 0 aliphatic carbocycles. The fourth-order valence-electron chi connectivity index (χ4n) is 2.68. The van der Waals surface area contributed by atoms with Gasteiger partial charge in [-0.2, -0.15) is 0 Å². The molecule has 2 heterocycles. The fraction of sp³-hybridized carbons (Fsp3) is 0.353. The lowest BCUT2D eigenvalue weighted by molar-refractivity contribution is 0.0703. The highest BCUT2D eigenvalue weighted by Crippen LogP contribution is 2.30. The van der Waals surface area contributed by atoms with Crippen LogP contribution in [0.15, 0.2) is 41.8 Å². The summed E-state index contributed by atoms with van der Waals surface area (Å²) in [6, 6.07) is 12.2. The number of carbonyl (C=O) groups is 1. The first-order valence-corrected chi connectivity index (χ1v) is 8.06. The van der Waals surface area contributed by atoms with Crippen molar-refractivity contribution in [2.75, 3.05) is 13.1 Å². The number of thiophene rings is 1. The summed E-state index contributed by atoms with van der Waals surface area (Å²) < 4.78 is 0. The molecule has 1 aliphatic heterocycles. The highest BCUT2D eigenvalue weighted by atomic mass is 32.1. The minimum Gasteiger partial charge on any atom is -0.338 e. The molecule has 2 aromatic rings. The van der Waals surface area contributed by atoms with E-state index in [0.29, 0.717) is 0 Å². The van der Waals surface area contributed by atoms with Crippen LogP contribution in [0.4, 0.5) is 0 Å². The smallest absolute Gasteiger partial charge is 0.264 e. The Hall–Kier alpha value is -1.61. The van der Waals surface area contributed by atoms with E-state index in [-0.39, 0.29) is 5.91 Å². The van der Waals surface area contributed by atoms with Gasteiger partial charge in [-0.15, -0.1) is 11.3 Å². The van der Waals surface area contributed by atoms with Gasteiger partial charge in [0.1, 0.15) is 0 Å². The van der Waals surface area contributed by atoms with Gasteiger partial charge in [-0.05, 0) is 35.8 Å². The normalized spacial score (nSPS) is 16.4. The predicted octanol–water partition coefficient (Wildman–Crippen LogP) is 4.29. The van der Waals surface area contributed by atoms with E-state index in [4.69, 9.17) is 0 Å². The molecular weight excluding hydrogens is 266 g/mol. The van der Waals surface area contributed by atoms with Gasteiger partial charge in [0.05, 0.1) is 4.88 Å². The third kappa shape index (κ3) is 2.63. The highest BCUT2D eigenvalue weighted by Gasteiger charge is 2.24. The molecule has 0 atom stereocenters. The fourth-order valence-corrected chi connectivity index (χ4v) is 3.56. The number of piperidine rings is 1. The van der Waals surface area contributed by atoms with E-state index in [2.05, 4.69) is 25.1 Å². The number of carbonyl (C=O) groups excluding carboxylic acids is 1. The van der Waals surface area contributed by atoms with E-state index in [1.54, 1.807) is 11.3 Å². The van der Waals surface area contributed by atoms with Crippen LogP contribution in [0.2, 0.25) is 0 Å². The summed E-state index contributed by atoms with van der Waals surface area (Å²) in [6.07, 6.45) is 2.25. The molecule has 0 bridgehead atoms. The maximum atomic E-state index is 12.7. The van der Waals surface area contributed by atoms with Gasteiger partial charge in [-0.1, -0.05) is 37.3 Å². The molecule has 0 saturated carbocycles. The van der Waals surface area contributed by atoms with Crippen molar-refractivity contribution in [3.05, 3.63) is 46.7 Å². The molecule has 1 fully saturated rings. The first-order chi connectivity index (χ1) is 9.75. The number of hydrogen-bond donors (Lipinski definition) is 0. The Bertz CT molecular complexity index is 582. The summed E-state index contributed by atoms with van der Waals surface area (Å²) in [5.41, 5.74) is 2.20. The van der Waals surface area contributed by atoms with Crippen molar-refractivity contribution >= 4 is 17.2 Å². The number of rotatable bonds is 2. The number of hydrogen-bond acceptors (Lipinski definition) is 2. The van der Waals surface area contributed by atoms with Crippen molar-refractivity contribution in [1.82, 2.24) is 4.90 Å². The van der Waals surface area contributed by atoms with Crippen molar-refractivity contribution in [1.29, 1.82) is 0 Å². The molecule has 0 N–H and O–H groups in total. The van der Waals surface area contributed by atoms with Crippen molar-refractivity contribution in [2.24, 2.45) is 5.92 Å². The Kier molecular flexibility index (Phi) is 3.88. The van der Waals surface area contributed by atoms with Crippen LogP contribution in [0.3, 0.4) is 0 Å². The molecule has 1 saturated heterocycles. The summed E-state index contributed by atoms with van der Waals surface area (Å²) in [7, 11) is 0. The van der Waals surface area contributed by atoms with Crippen LogP contribution in [-0.2, 0) is 0 Å². The van der Waals surface area contributed by atoms with E-state index < -0.39 is 0 Å². The van der Waals surface area contributed by atoms with Gasteiger partial charge in [0.25, 0.3) is 5.91 Å². The van der Waals surface area contributed by atoms with Crippen molar-refractivity contribution < 1.29 is 4.79 Å². The van der Waals surface area contributed by atoms with Crippen LogP contribution in [0.25, 0.3) is 11.1 Å². The molecule has 2 nitrogen and oxygen atoms in total. The zero-order chi connectivity index (χ0) is 13.9. The molecule has 104 valence electrons. The number of likely N-dealkylation sites (tertiary alicyclic amines) is 1. The predicted molar refractivity (Wildman–Crippen MR) is 84.1 cm³/mol. The quantitative estimate of drug-likeness (QED) is 0.806. The lowest BCUT2D eigenvalue weighted by Crippen LogP contribution is -2.37. The average Bonchev–Trinajstić information content (AvgIpc) is 2.97. The largest absolute Gasteiger partial charge is 0.338 e. The third-order valence-electron chi connectivity index (χ3n) is 4.02. The van der Waals surface area contributed by atoms with E-state index in [1.165, 1.54) is 0 Å².